The third kappa shape index (κ3) is 2.15. The van der Waals surface area contributed by atoms with Crippen molar-refractivity contribution in [2.45, 2.75) is 19.4 Å². The van der Waals surface area contributed by atoms with E-state index in [1.54, 1.807) is 10.3 Å². The van der Waals surface area contributed by atoms with E-state index in [9.17, 15) is 9.90 Å². The summed E-state index contributed by atoms with van der Waals surface area (Å²) < 4.78 is 3.67. The van der Waals surface area contributed by atoms with Gasteiger partial charge < -0.3 is 10.0 Å². The van der Waals surface area contributed by atoms with Crippen LogP contribution >= 0.6 is 11.5 Å². The van der Waals surface area contributed by atoms with E-state index in [-0.39, 0.29) is 17.9 Å². The Balaban J connectivity index is 2.03. The molecule has 0 saturated carbocycles. The second kappa shape index (κ2) is 4.24. The highest BCUT2D eigenvalue weighted by molar-refractivity contribution is 7.03. The molecule has 1 saturated heterocycles. The number of aliphatic hydroxyl groups excluding tert-OH is 1. The number of aromatic nitrogens is 2. The Morgan fingerprint density at radius 2 is 2.53 bits per heavy atom. The smallest absolute Gasteiger partial charge is 0.275 e. The molecule has 0 bridgehead atoms. The predicted molar refractivity (Wildman–Crippen MR) is 55.6 cm³/mol. The van der Waals surface area contributed by atoms with Crippen LogP contribution in [0.25, 0.3) is 0 Å². The van der Waals surface area contributed by atoms with Gasteiger partial charge in [0.05, 0.1) is 6.10 Å². The fourth-order valence-corrected chi connectivity index (χ4v) is 2.17. The molecule has 1 aromatic heterocycles. The lowest BCUT2D eigenvalue weighted by atomic mass is 9.96. The average molecular weight is 227 g/mol. The van der Waals surface area contributed by atoms with E-state index in [1.165, 1.54) is 11.5 Å². The number of likely N-dealkylation sites (tertiary alicyclic amines) is 1. The first-order valence-electron chi connectivity index (χ1n) is 4.93. The van der Waals surface area contributed by atoms with Crippen molar-refractivity contribution in [3.63, 3.8) is 0 Å². The molecule has 1 fully saturated rings. The van der Waals surface area contributed by atoms with Gasteiger partial charge >= 0.3 is 0 Å². The monoisotopic (exact) mass is 227 g/mol. The van der Waals surface area contributed by atoms with E-state index in [0.717, 1.165) is 0 Å². The summed E-state index contributed by atoms with van der Waals surface area (Å²) in [5.41, 5.74) is 0.406. The molecule has 5 nitrogen and oxygen atoms in total. The summed E-state index contributed by atoms with van der Waals surface area (Å²) in [5.74, 6) is 0.0526. The third-order valence-electron chi connectivity index (χ3n) is 2.73. The maximum Gasteiger partial charge on any atom is 0.275 e. The number of hydrogen-bond acceptors (Lipinski definition) is 5. The van der Waals surface area contributed by atoms with E-state index in [2.05, 4.69) is 9.59 Å². The number of hydrogen-bond donors (Lipinski definition) is 1. The van der Waals surface area contributed by atoms with Gasteiger partial charge in [-0.05, 0) is 23.9 Å². The van der Waals surface area contributed by atoms with Crippen molar-refractivity contribution in [3.05, 3.63) is 11.1 Å². The lowest BCUT2D eigenvalue weighted by Gasteiger charge is -2.33. The Hall–Kier alpha value is -1.01. The van der Waals surface area contributed by atoms with Gasteiger partial charge in [-0.25, -0.2) is 0 Å². The quantitative estimate of drug-likeness (QED) is 0.753. The van der Waals surface area contributed by atoms with Crippen LogP contribution in [0.3, 0.4) is 0 Å². The molecular formula is C9H13N3O2S. The molecule has 2 unspecified atom stereocenters. The molecule has 2 rings (SSSR count). The summed E-state index contributed by atoms with van der Waals surface area (Å²) in [4.78, 5) is 13.6. The molecule has 6 heteroatoms. The molecule has 2 heterocycles. The number of carbonyl (C=O) groups is 1. The Labute approximate surface area is 91.9 Å². The van der Waals surface area contributed by atoms with E-state index in [4.69, 9.17) is 0 Å². The topological polar surface area (TPSA) is 66.3 Å². The number of rotatable bonds is 1. The van der Waals surface area contributed by atoms with Crippen LogP contribution in [0.1, 0.15) is 23.8 Å². The van der Waals surface area contributed by atoms with Gasteiger partial charge in [-0.2, -0.15) is 0 Å². The summed E-state index contributed by atoms with van der Waals surface area (Å²) in [6.45, 7) is 3.14. The number of aliphatic hydroxyl groups is 1. The first kappa shape index (κ1) is 10.5. The van der Waals surface area contributed by atoms with Crippen LogP contribution in [-0.4, -0.2) is 44.7 Å². The minimum atomic E-state index is -0.289. The maximum atomic E-state index is 11.9. The second-order valence-electron chi connectivity index (χ2n) is 3.87. The zero-order valence-electron chi connectivity index (χ0n) is 8.46. The SMILES string of the molecule is CC1CN(C(=O)c2csnn2)CCC1O. The van der Waals surface area contributed by atoms with Gasteiger partial charge in [-0.3, -0.25) is 4.79 Å². The van der Waals surface area contributed by atoms with Gasteiger partial charge in [0.25, 0.3) is 5.91 Å². The molecule has 1 amide bonds. The van der Waals surface area contributed by atoms with Crippen LogP contribution in [0.4, 0.5) is 0 Å². The normalized spacial score (nSPS) is 26.7. The Kier molecular flexibility index (Phi) is 2.97. The highest BCUT2D eigenvalue weighted by atomic mass is 32.1. The molecule has 82 valence electrons. The van der Waals surface area contributed by atoms with E-state index in [0.29, 0.717) is 25.2 Å². The summed E-state index contributed by atoms with van der Waals surface area (Å²) in [7, 11) is 0. The van der Waals surface area contributed by atoms with Gasteiger partial charge in [0.15, 0.2) is 5.69 Å². The fourth-order valence-electron chi connectivity index (χ4n) is 1.74. The second-order valence-corrected chi connectivity index (χ2v) is 4.48. The van der Waals surface area contributed by atoms with Crippen molar-refractivity contribution in [3.8, 4) is 0 Å². The van der Waals surface area contributed by atoms with E-state index in [1.807, 2.05) is 6.92 Å². The van der Waals surface area contributed by atoms with Gasteiger partial charge in [-0.1, -0.05) is 11.4 Å². The van der Waals surface area contributed by atoms with Crippen LogP contribution in [0, 0.1) is 5.92 Å². The van der Waals surface area contributed by atoms with Crippen LogP contribution in [0.5, 0.6) is 0 Å². The van der Waals surface area contributed by atoms with Crippen molar-refractivity contribution < 1.29 is 9.90 Å². The standard InChI is InChI=1S/C9H13N3O2S/c1-6-4-12(3-2-8(6)13)9(14)7-5-15-11-10-7/h5-6,8,13H,2-4H2,1H3. The molecule has 15 heavy (non-hydrogen) atoms. The minimum absolute atomic E-state index is 0.0810. The van der Waals surface area contributed by atoms with Crippen molar-refractivity contribution in [2.75, 3.05) is 13.1 Å². The third-order valence-corrected chi connectivity index (χ3v) is 3.23. The van der Waals surface area contributed by atoms with E-state index < -0.39 is 0 Å². The van der Waals surface area contributed by atoms with Gasteiger partial charge in [0.2, 0.25) is 0 Å². The largest absolute Gasteiger partial charge is 0.393 e. The molecule has 0 spiro atoms. The Morgan fingerprint density at radius 1 is 1.73 bits per heavy atom. The fraction of sp³-hybridized carbons (Fsp3) is 0.667. The molecule has 1 aliphatic heterocycles. The average Bonchev–Trinajstić information content (AvgIpc) is 2.74. The lowest BCUT2D eigenvalue weighted by Crippen LogP contribution is -2.45. The van der Waals surface area contributed by atoms with Crippen LogP contribution in [0.2, 0.25) is 0 Å². The molecule has 0 aliphatic carbocycles. The molecular weight excluding hydrogens is 214 g/mol. The molecule has 1 aliphatic rings. The highest BCUT2D eigenvalue weighted by Gasteiger charge is 2.28. The first-order valence-corrected chi connectivity index (χ1v) is 5.76. The number of carbonyl (C=O) groups excluding carboxylic acids is 1. The molecule has 0 radical (unpaired) electrons. The van der Waals surface area contributed by atoms with Gasteiger partial charge in [0.1, 0.15) is 0 Å². The summed E-state index contributed by atoms with van der Waals surface area (Å²) in [5, 5.41) is 14.9. The van der Waals surface area contributed by atoms with E-state index >= 15 is 0 Å². The Bertz CT molecular complexity index is 341. The summed E-state index contributed by atoms with van der Waals surface area (Å²) in [6.07, 6.45) is 0.354. The van der Waals surface area contributed by atoms with Crippen LogP contribution in [0.15, 0.2) is 5.38 Å². The Morgan fingerprint density at radius 3 is 3.13 bits per heavy atom. The maximum absolute atomic E-state index is 11.9. The number of amides is 1. The van der Waals surface area contributed by atoms with Gasteiger partial charge in [0, 0.05) is 18.5 Å². The minimum Gasteiger partial charge on any atom is -0.393 e. The zero-order valence-corrected chi connectivity index (χ0v) is 9.28. The molecule has 2 atom stereocenters. The molecule has 0 aromatic carbocycles. The highest BCUT2D eigenvalue weighted by Crippen LogP contribution is 2.18. The predicted octanol–water partition coefficient (Wildman–Crippen LogP) is 0.381. The van der Waals surface area contributed by atoms with Gasteiger partial charge in [-0.15, -0.1) is 5.10 Å². The zero-order chi connectivity index (χ0) is 10.8. The van der Waals surface area contributed by atoms with Crippen molar-refractivity contribution in [1.82, 2.24) is 14.5 Å². The summed E-state index contributed by atoms with van der Waals surface area (Å²) in [6, 6.07) is 0. The van der Waals surface area contributed by atoms with Crippen molar-refractivity contribution in [1.29, 1.82) is 0 Å². The molecule has 1 aromatic rings. The van der Waals surface area contributed by atoms with Crippen molar-refractivity contribution >= 4 is 17.4 Å². The summed E-state index contributed by atoms with van der Waals surface area (Å²) >= 11 is 1.18. The number of piperidine rings is 1. The van der Waals surface area contributed by atoms with Crippen LogP contribution < -0.4 is 0 Å². The lowest BCUT2D eigenvalue weighted by molar-refractivity contribution is 0.0294. The molecule has 1 N–H and O–H groups in total. The first-order chi connectivity index (χ1) is 7.18. The van der Waals surface area contributed by atoms with Crippen molar-refractivity contribution in [2.24, 2.45) is 5.92 Å². The van der Waals surface area contributed by atoms with Crippen LogP contribution in [-0.2, 0) is 0 Å². The number of nitrogens with zero attached hydrogens (tertiary/aromatic N) is 3.